The molecule has 1 N–H and O–H groups in total. The van der Waals surface area contributed by atoms with E-state index in [1.807, 2.05) is 6.07 Å². The molecule has 0 amide bonds. The van der Waals surface area contributed by atoms with Gasteiger partial charge in [-0.1, -0.05) is 50.1 Å². The SMILES string of the molecule is CC1(C)OC[C@@H](Cc2ccccc2)[C@@]2(O)CCCC[C@@]12C. The van der Waals surface area contributed by atoms with E-state index in [1.165, 1.54) is 12.0 Å². The first kappa shape index (κ1) is 15.1. The van der Waals surface area contributed by atoms with E-state index in [1.54, 1.807) is 0 Å². The van der Waals surface area contributed by atoms with Gasteiger partial charge in [-0.2, -0.15) is 0 Å². The topological polar surface area (TPSA) is 29.5 Å². The summed E-state index contributed by atoms with van der Waals surface area (Å²) >= 11 is 0. The van der Waals surface area contributed by atoms with Crippen LogP contribution in [-0.4, -0.2) is 22.9 Å². The van der Waals surface area contributed by atoms with Gasteiger partial charge in [0, 0.05) is 11.3 Å². The minimum atomic E-state index is -0.608. The molecule has 1 aliphatic heterocycles. The fraction of sp³-hybridized carbons (Fsp3) is 0.684. The van der Waals surface area contributed by atoms with Gasteiger partial charge >= 0.3 is 0 Å². The van der Waals surface area contributed by atoms with Crippen LogP contribution < -0.4 is 0 Å². The van der Waals surface area contributed by atoms with Crippen LogP contribution in [0.2, 0.25) is 0 Å². The summed E-state index contributed by atoms with van der Waals surface area (Å²) < 4.78 is 6.23. The quantitative estimate of drug-likeness (QED) is 0.892. The van der Waals surface area contributed by atoms with Gasteiger partial charge in [-0.25, -0.2) is 0 Å². The van der Waals surface area contributed by atoms with Crippen molar-refractivity contribution in [3.8, 4) is 0 Å². The second-order valence-electron chi connectivity index (χ2n) is 7.67. The number of hydrogen-bond donors (Lipinski definition) is 1. The van der Waals surface area contributed by atoms with Gasteiger partial charge in [0.25, 0.3) is 0 Å². The molecule has 1 heterocycles. The highest BCUT2D eigenvalue weighted by Crippen LogP contribution is 2.58. The molecule has 0 unspecified atom stereocenters. The summed E-state index contributed by atoms with van der Waals surface area (Å²) in [4.78, 5) is 0. The standard InChI is InChI=1S/C19H28O2/c1-17(2)18(3)11-7-8-12-19(18,20)16(14-21-17)13-15-9-5-4-6-10-15/h4-6,9-10,16,20H,7-8,11-14H2,1-3H3/t16-,18+,19+/m1/s1. The summed E-state index contributed by atoms with van der Waals surface area (Å²) in [5.74, 6) is 0.193. The molecule has 1 saturated heterocycles. The maximum absolute atomic E-state index is 11.6. The summed E-state index contributed by atoms with van der Waals surface area (Å²) in [5.41, 5.74) is 0.279. The zero-order valence-electron chi connectivity index (χ0n) is 13.6. The fourth-order valence-corrected chi connectivity index (χ4v) is 4.57. The summed E-state index contributed by atoms with van der Waals surface area (Å²) in [5, 5.41) is 11.6. The Morgan fingerprint density at radius 2 is 1.76 bits per heavy atom. The molecule has 21 heavy (non-hydrogen) atoms. The van der Waals surface area contributed by atoms with Gasteiger partial charge in [-0.3, -0.25) is 0 Å². The van der Waals surface area contributed by atoms with Gasteiger partial charge in [0.1, 0.15) is 0 Å². The zero-order valence-corrected chi connectivity index (χ0v) is 13.6. The molecule has 0 spiro atoms. The van der Waals surface area contributed by atoms with E-state index in [9.17, 15) is 5.11 Å². The van der Waals surface area contributed by atoms with Gasteiger partial charge in [-0.15, -0.1) is 0 Å². The lowest BCUT2D eigenvalue weighted by Crippen LogP contribution is -2.68. The van der Waals surface area contributed by atoms with Gasteiger partial charge in [0.2, 0.25) is 0 Å². The molecule has 2 nitrogen and oxygen atoms in total. The van der Waals surface area contributed by atoms with Crippen LogP contribution >= 0.6 is 0 Å². The first-order valence-electron chi connectivity index (χ1n) is 8.29. The largest absolute Gasteiger partial charge is 0.389 e. The number of aliphatic hydroxyl groups is 1. The first-order chi connectivity index (χ1) is 9.89. The van der Waals surface area contributed by atoms with E-state index in [-0.39, 0.29) is 16.9 Å². The highest BCUT2D eigenvalue weighted by Gasteiger charge is 2.63. The highest BCUT2D eigenvalue weighted by molar-refractivity contribution is 5.19. The van der Waals surface area contributed by atoms with E-state index in [0.29, 0.717) is 6.61 Å². The van der Waals surface area contributed by atoms with Gasteiger partial charge in [0.15, 0.2) is 0 Å². The van der Waals surface area contributed by atoms with Gasteiger partial charge in [0.05, 0.1) is 17.8 Å². The Balaban J connectivity index is 1.92. The van der Waals surface area contributed by atoms with Crippen molar-refractivity contribution < 1.29 is 9.84 Å². The maximum atomic E-state index is 11.6. The second-order valence-corrected chi connectivity index (χ2v) is 7.67. The molecule has 1 saturated carbocycles. The molecule has 2 heteroatoms. The van der Waals surface area contributed by atoms with Crippen molar-refractivity contribution in [2.75, 3.05) is 6.61 Å². The Hall–Kier alpha value is -0.860. The second kappa shape index (κ2) is 5.10. The van der Waals surface area contributed by atoms with Crippen molar-refractivity contribution in [2.24, 2.45) is 11.3 Å². The van der Waals surface area contributed by atoms with Crippen molar-refractivity contribution in [1.29, 1.82) is 0 Å². The fourth-order valence-electron chi connectivity index (χ4n) is 4.57. The van der Waals surface area contributed by atoms with Crippen LogP contribution in [-0.2, 0) is 11.2 Å². The van der Waals surface area contributed by atoms with E-state index in [0.717, 1.165) is 25.7 Å². The number of hydrogen-bond acceptors (Lipinski definition) is 2. The van der Waals surface area contributed by atoms with Crippen LogP contribution in [0.15, 0.2) is 30.3 Å². The Kier molecular flexibility index (Phi) is 3.66. The smallest absolute Gasteiger partial charge is 0.0781 e. The van der Waals surface area contributed by atoms with Crippen LogP contribution in [0.25, 0.3) is 0 Å². The maximum Gasteiger partial charge on any atom is 0.0781 e. The summed E-state index contributed by atoms with van der Waals surface area (Å²) in [6, 6.07) is 10.5. The molecule has 0 bridgehead atoms. The molecule has 1 aromatic carbocycles. The normalized spacial score (nSPS) is 38.8. The summed E-state index contributed by atoms with van der Waals surface area (Å²) in [6.07, 6.45) is 5.20. The van der Waals surface area contributed by atoms with Crippen LogP contribution in [0.5, 0.6) is 0 Å². The number of rotatable bonds is 2. The average molecular weight is 288 g/mol. The molecule has 1 aromatic rings. The Morgan fingerprint density at radius 3 is 2.48 bits per heavy atom. The van der Waals surface area contributed by atoms with Crippen molar-refractivity contribution in [3.05, 3.63) is 35.9 Å². The van der Waals surface area contributed by atoms with E-state index < -0.39 is 5.60 Å². The molecule has 3 rings (SSSR count). The predicted octanol–water partition coefficient (Wildman–Crippen LogP) is 3.97. The van der Waals surface area contributed by atoms with Crippen LogP contribution in [0.3, 0.4) is 0 Å². The third kappa shape index (κ3) is 2.24. The lowest BCUT2D eigenvalue weighted by atomic mass is 9.51. The van der Waals surface area contributed by atoms with Crippen LogP contribution in [0.4, 0.5) is 0 Å². The Bertz CT molecular complexity index is 496. The molecule has 3 atom stereocenters. The van der Waals surface area contributed by atoms with Crippen molar-refractivity contribution in [1.82, 2.24) is 0 Å². The molecular formula is C19H28O2. The number of fused-ring (bicyclic) bond motifs is 1. The average Bonchev–Trinajstić information content (AvgIpc) is 2.46. The Morgan fingerprint density at radius 1 is 1.10 bits per heavy atom. The minimum Gasteiger partial charge on any atom is -0.389 e. The Labute approximate surface area is 128 Å². The lowest BCUT2D eigenvalue weighted by molar-refractivity contribution is -0.286. The molecule has 116 valence electrons. The molecular weight excluding hydrogens is 260 g/mol. The molecule has 1 aliphatic carbocycles. The van der Waals surface area contributed by atoms with Gasteiger partial charge < -0.3 is 9.84 Å². The van der Waals surface area contributed by atoms with E-state index >= 15 is 0 Å². The lowest BCUT2D eigenvalue weighted by Gasteiger charge is -2.62. The molecule has 2 fully saturated rings. The molecule has 2 aliphatic rings. The predicted molar refractivity (Wildman–Crippen MR) is 85.2 cm³/mol. The summed E-state index contributed by atoms with van der Waals surface area (Å²) in [6.45, 7) is 7.21. The highest BCUT2D eigenvalue weighted by atomic mass is 16.5. The van der Waals surface area contributed by atoms with Crippen LogP contribution in [0, 0.1) is 11.3 Å². The van der Waals surface area contributed by atoms with Crippen molar-refractivity contribution >= 4 is 0 Å². The third-order valence-corrected chi connectivity index (χ3v) is 6.41. The minimum absolute atomic E-state index is 0.157. The summed E-state index contributed by atoms with van der Waals surface area (Å²) in [7, 11) is 0. The van der Waals surface area contributed by atoms with Crippen LogP contribution in [0.1, 0.15) is 52.0 Å². The van der Waals surface area contributed by atoms with Crippen molar-refractivity contribution in [2.45, 2.75) is 64.1 Å². The third-order valence-electron chi connectivity index (χ3n) is 6.41. The molecule has 0 radical (unpaired) electrons. The monoisotopic (exact) mass is 288 g/mol. The van der Waals surface area contributed by atoms with Gasteiger partial charge in [-0.05, 0) is 38.7 Å². The van der Waals surface area contributed by atoms with E-state index in [4.69, 9.17) is 4.74 Å². The van der Waals surface area contributed by atoms with Crippen molar-refractivity contribution in [3.63, 3.8) is 0 Å². The van der Waals surface area contributed by atoms with E-state index in [2.05, 4.69) is 45.0 Å². The zero-order chi connectivity index (χ0) is 15.1. The molecule has 0 aromatic heterocycles. The first-order valence-corrected chi connectivity index (χ1v) is 8.29. The number of benzene rings is 1. The number of ether oxygens (including phenoxy) is 1.